The number of hydrogen-bond donors (Lipinski definition) is 0. The average molecular weight is 399 g/mol. The van der Waals surface area contributed by atoms with Crippen LogP contribution in [0.1, 0.15) is 31.2 Å². The van der Waals surface area contributed by atoms with Crippen molar-refractivity contribution in [2.45, 2.75) is 38.6 Å². The third-order valence-corrected chi connectivity index (χ3v) is 5.35. The van der Waals surface area contributed by atoms with E-state index in [4.69, 9.17) is 0 Å². The Morgan fingerprint density at radius 1 is 0.857 bits per heavy atom. The molecule has 2 aliphatic rings. The number of nitrogens with zero attached hydrogens (tertiary/aromatic N) is 3. The van der Waals surface area contributed by atoms with Crippen LogP contribution in [0.15, 0.2) is 24.3 Å². The number of alkyl halides is 3. The van der Waals surface area contributed by atoms with Crippen LogP contribution in [0.4, 0.5) is 13.2 Å². The van der Waals surface area contributed by atoms with E-state index in [1.807, 2.05) is 4.90 Å². The lowest BCUT2D eigenvalue weighted by Crippen LogP contribution is -2.49. The maximum absolute atomic E-state index is 12.5. The number of halogens is 3. The van der Waals surface area contributed by atoms with Gasteiger partial charge in [-0.25, -0.2) is 0 Å². The van der Waals surface area contributed by atoms with Gasteiger partial charge in [0.15, 0.2) is 0 Å². The second kappa shape index (κ2) is 9.60. The van der Waals surface area contributed by atoms with Gasteiger partial charge in [-0.3, -0.25) is 14.6 Å². The summed E-state index contributed by atoms with van der Waals surface area (Å²) in [6, 6.07) is 6.02. The lowest BCUT2D eigenvalue weighted by molar-refractivity contribution is -0.274. The highest BCUT2D eigenvalue weighted by Gasteiger charge is 2.31. The van der Waals surface area contributed by atoms with Crippen molar-refractivity contribution in [2.75, 3.05) is 45.8 Å². The molecule has 1 aromatic carbocycles. The molecule has 2 saturated heterocycles. The summed E-state index contributed by atoms with van der Waals surface area (Å²) in [5.41, 5.74) is 0.948. The van der Waals surface area contributed by atoms with E-state index in [1.54, 1.807) is 12.1 Å². The zero-order valence-corrected chi connectivity index (χ0v) is 16.1. The van der Waals surface area contributed by atoms with E-state index in [1.165, 1.54) is 25.0 Å². The van der Waals surface area contributed by atoms with Gasteiger partial charge in [-0.15, -0.1) is 13.2 Å². The topological polar surface area (TPSA) is 36.0 Å². The molecule has 0 radical (unpaired) electrons. The molecule has 5 nitrogen and oxygen atoms in total. The van der Waals surface area contributed by atoms with Gasteiger partial charge >= 0.3 is 6.36 Å². The van der Waals surface area contributed by atoms with Crippen molar-refractivity contribution in [1.29, 1.82) is 0 Å². The van der Waals surface area contributed by atoms with Crippen molar-refractivity contribution in [1.82, 2.24) is 14.7 Å². The minimum absolute atomic E-state index is 0.201. The number of ether oxygens (including phenoxy) is 1. The Morgan fingerprint density at radius 2 is 1.43 bits per heavy atom. The molecule has 28 heavy (non-hydrogen) atoms. The molecule has 156 valence electrons. The number of benzene rings is 1. The van der Waals surface area contributed by atoms with Crippen molar-refractivity contribution < 1.29 is 22.7 Å². The van der Waals surface area contributed by atoms with Gasteiger partial charge in [0.1, 0.15) is 5.75 Å². The monoisotopic (exact) mass is 399 g/mol. The number of carbonyl (C=O) groups is 1. The lowest BCUT2D eigenvalue weighted by Gasteiger charge is -2.35. The van der Waals surface area contributed by atoms with Crippen LogP contribution >= 0.6 is 0 Å². The van der Waals surface area contributed by atoms with E-state index in [-0.39, 0.29) is 11.7 Å². The van der Waals surface area contributed by atoms with Crippen LogP contribution in [0, 0.1) is 0 Å². The van der Waals surface area contributed by atoms with Gasteiger partial charge in [0.2, 0.25) is 5.91 Å². The first-order valence-electron chi connectivity index (χ1n) is 9.96. The zero-order chi connectivity index (χ0) is 20.0. The second-order valence-electron chi connectivity index (χ2n) is 7.54. The molecule has 1 amide bonds. The van der Waals surface area contributed by atoms with Gasteiger partial charge < -0.3 is 9.64 Å². The Kier molecular flexibility index (Phi) is 7.18. The molecule has 0 aliphatic carbocycles. The van der Waals surface area contributed by atoms with Crippen molar-refractivity contribution in [3.05, 3.63) is 29.8 Å². The summed E-state index contributed by atoms with van der Waals surface area (Å²) in [5.74, 6) is 0.0312. The fraction of sp³-hybridized carbons (Fsp3) is 0.650. The molecule has 2 fully saturated rings. The van der Waals surface area contributed by atoms with Gasteiger partial charge in [0, 0.05) is 45.8 Å². The molecule has 8 heteroatoms. The van der Waals surface area contributed by atoms with E-state index in [0.717, 1.165) is 57.7 Å². The summed E-state index contributed by atoms with van der Waals surface area (Å²) >= 11 is 0. The Hall–Kier alpha value is -1.80. The summed E-state index contributed by atoms with van der Waals surface area (Å²) < 4.78 is 40.6. The van der Waals surface area contributed by atoms with Crippen LogP contribution in [0.5, 0.6) is 5.75 Å². The first-order chi connectivity index (χ1) is 13.4. The van der Waals surface area contributed by atoms with Crippen LogP contribution < -0.4 is 4.74 Å². The zero-order valence-electron chi connectivity index (χ0n) is 16.1. The molecular formula is C20H28F3N3O2. The molecule has 0 atom stereocenters. The summed E-state index contributed by atoms with van der Waals surface area (Å²) in [6.07, 6.45) is -0.0290. The first-order valence-corrected chi connectivity index (χ1v) is 9.96. The smallest absolute Gasteiger partial charge is 0.406 e. The fourth-order valence-corrected chi connectivity index (χ4v) is 3.77. The number of rotatable bonds is 5. The number of hydrogen-bond acceptors (Lipinski definition) is 4. The van der Waals surface area contributed by atoms with Gasteiger partial charge in [-0.1, -0.05) is 25.0 Å². The van der Waals surface area contributed by atoms with Gasteiger partial charge in [-0.2, -0.15) is 0 Å². The molecule has 1 aromatic rings. The molecule has 0 N–H and O–H groups in total. The maximum Gasteiger partial charge on any atom is 0.573 e. The van der Waals surface area contributed by atoms with Gasteiger partial charge in [0.05, 0.1) is 6.54 Å². The predicted octanol–water partition coefficient (Wildman–Crippen LogP) is 3.11. The number of likely N-dealkylation sites (tertiary alicyclic amines) is 1. The minimum Gasteiger partial charge on any atom is -0.406 e. The SMILES string of the molecule is O=C(CN1CCN(Cc2ccc(OC(F)(F)F)cc2)CC1)N1CCCCCC1. The van der Waals surface area contributed by atoms with Crippen LogP contribution in [-0.4, -0.2) is 72.8 Å². The van der Waals surface area contributed by atoms with Crippen LogP contribution in [0.25, 0.3) is 0 Å². The van der Waals surface area contributed by atoms with Crippen molar-refractivity contribution in [3.63, 3.8) is 0 Å². The van der Waals surface area contributed by atoms with E-state index < -0.39 is 6.36 Å². The van der Waals surface area contributed by atoms with Gasteiger partial charge in [0.25, 0.3) is 0 Å². The van der Waals surface area contributed by atoms with Crippen molar-refractivity contribution in [2.24, 2.45) is 0 Å². The Morgan fingerprint density at radius 3 is 2.00 bits per heavy atom. The quantitative estimate of drug-likeness (QED) is 0.762. The molecule has 0 bridgehead atoms. The van der Waals surface area contributed by atoms with Crippen LogP contribution in [0.3, 0.4) is 0 Å². The van der Waals surface area contributed by atoms with Crippen LogP contribution in [-0.2, 0) is 11.3 Å². The first kappa shape index (κ1) is 20.9. The molecule has 3 rings (SSSR count). The maximum atomic E-state index is 12.5. The molecule has 0 aromatic heterocycles. The highest BCUT2D eigenvalue weighted by molar-refractivity contribution is 5.78. The largest absolute Gasteiger partial charge is 0.573 e. The van der Waals surface area contributed by atoms with Crippen molar-refractivity contribution >= 4 is 5.91 Å². The van der Waals surface area contributed by atoms with E-state index in [2.05, 4.69) is 14.5 Å². The number of piperazine rings is 1. The third-order valence-electron chi connectivity index (χ3n) is 5.35. The molecule has 2 aliphatic heterocycles. The molecule has 0 saturated carbocycles. The summed E-state index contributed by atoms with van der Waals surface area (Å²) in [7, 11) is 0. The average Bonchev–Trinajstić information content (AvgIpc) is 2.93. The van der Waals surface area contributed by atoms with E-state index >= 15 is 0 Å². The highest BCUT2D eigenvalue weighted by atomic mass is 19.4. The standard InChI is InChI=1S/C20H28F3N3O2/c21-20(22,23)28-18-7-5-17(6-8-18)15-24-11-13-25(14-12-24)16-19(27)26-9-3-1-2-4-10-26/h5-8H,1-4,9-16H2. The molecule has 2 heterocycles. The molecular weight excluding hydrogens is 371 g/mol. The summed E-state index contributed by atoms with van der Waals surface area (Å²) in [4.78, 5) is 19.0. The number of carbonyl (C=O) groups excluding carboxylic acids is 1. The molecule has 0 spiro atoms. The highest BCUT2D eigenvalue weighted by Crippen LogP contribution is 2.23. The number of amides is 1. The van der Waals surface area contributed by atoms with E-state index in [0.29, 0.717) is 13.1 Å². The lowest BCUT2D eigenvalue weighted by atomic mass is 10.2. The normalized spacial score (nSPS) is 20.0. The van der Waals surface area contributed by atoms with Crippen LogP contribution in [0.2, 0.25) is 0 Å². The second-order valence-corrected chi connectivity index (χ2v) is 7.54. The third kappa shape index (κ3) is 6.67. The molecule has 0 unspecified atom stereocenters. The Balaban J connectivity index is 1.40. The van der Waals surface area contributed by atoms with E-state index in [9.17, 15) is 18.0 Å². The Labute approximate surface area is 164 Å². The van der Waals surface area contributed by atoms with Crippen molar-refractivity contribution in [3.8, 4) is 5.75 Å². The summed E-state index contributed by atoms with van der Waals surface area (Å²) in [5, 5.41) is 0. The summed E-state index contributed by atoms with van der Waals surface area (Å²) in [6.45, 7) is 6.27. The fourth-order valence-electron chi connectivity index (χ4n) is 3.77. The van der Waals surface area contributed by atoms with Gasteiger partial charge in [-0.05, 0) is 30.5 Å². The Bertz CT molecular complexity index is 621. The minimum atomic E-state index is -4.66. The predicted molar refractivity (Wildman–Crippen MR) is 99.9 cm³/mol.